The van der Waals surface area contributed by atoms with Gasteiger partial charge < -0.3 is 10.6 Å². The van der Waals surface area contributed by atoms with Crippen molar-refractivity contribution >= 4 is 27.5 Å². The number of nitrogens with two attached hydrogens (primary N) is 1. The second kappa shape index (κ2) is 5.09. The fourth-order valence-electron chi connectivity index (χ4n) is 2.62. The van der Waals surface area contributed by atoms with E-state index in [4.69, 9.17) is 5.73 Å². The van der Waals surface area contributed by atoms with Crippen LogP contribution in [-0.2, 0) is 0 Å². The van der Waals surface area contributed by atoms with E-state index in [1.54, 1.807) is 0 Å². The molecule has 0 aromatic carbocycles. The van der Waals surface area contributed by atoms with Gasteiger partial charge in [0.1, 0.15) is 0 Å². The molecule has 0 aliphatic carbocycles. The molecular weight excluding hydrogens is 306 g/mol. The van der Waals surface area contributed by atoms with E-state index in [0.29, 0.717) is 5.92 Å². The molecule has 0 bridgehead atoms. The van der Waals surface area contributed by atoms with Crippen LogP contribution in [0.15, 0.2) is 22.8 Å². The van der Waals surface area contributed by atoms with Crippen molar-refractivity contribution in [2.75, 3.05) is 18.0 Å². The van der Waals surface area contributed by atoms with Crippen LogP contribution in [-0.4, -0.2) is 33.7 Å². The molecule has 1 aliphatic rings. The van der Waals surface area contributed by atoms with Crippen molar-refractivity contribution in [2.24, 2.45) is 11.7 Å². The van der Waals surface area contributed by atoms with Crippen molar-refractivity contribution in [3.63, 3.8) is 0 Å². The third-order valence-corrected chi connectivity index (χ3v) is 4.49. The summed E-state index contributed by atoms with van der Waals surface area (Å²) in [5.74, 6) is 1.44. The first-order valence-corrected chi connectivity index (χ1v) is 7.46. The Hall–Kier alpha value is -1.14. The lowest BCUT2D eigenvalue weighted by Crippen LogP contribution is -2.40. The highest BCUT2D eigenvalue weighted by Crippen LogP contribution is 2.24. The van der Waals surface area contributed by atoms with Crippen LogP contribution in [0.3, 0.4) is 0 Å². The average molecular weight is 324 g/mol. The molecule has 19 heavy (non-hydrogen) atoms. The molecule has 2 aromatic heterocycles. The smallest absolute Gasteiger partial charge is 0.245 e. The second-order valence-corrected chi connectivity index (χ2v) is 6.07. The molecule has 6 heteroatoms. The van der Waals surface area contributed by atoms with Crippen LogP contribution in [0.5, 0.6) is 0 Å². The highest BCUT2D eigenvalue weighted by Gasteiger charge is 2.24. The van der Waals surface area contributed by atoms with Crippen LogP contribution >= 0.6 is 15.9 Å². The number of halogens is 1. The van der Waals surface area contributed by atoms with Crippen LogP contribution in [0.1, 0.15) is 19.8 Å². The number of piperidine rings is 1. The van der Waals surface area contributed by atoms with Gasteiger partial charge in [-0.15, -0.1) is 5.10 Å². The minimum Gasteiger partial charge on any atom is -0.339 e. The molecule has 1 fully saturated rings. The van der Waals surface area contributed by atoms with Crippen molar-refractivity contribution in [3.8, 4) is 0 Å². The summed E-state index contributed by atoms with van der Waals surface area (Å²) >= 11 is 3.50. The SMILES string of the molecule is CC(N)C1CCN(c2nc3c(Br)cccn3n2)CC1. The number of hydrogen-bond donors (Lipinski definition) is 1. The summed E-state index contributed by atoms with van der Waals surface area (Å²) in [4.78, 5) is 6.85. The Bertz CT molecular complexity index is 571. The third-order valence-electron chi connectivity index (χ3n) is 3.87. The Labute approximate surface area is 120 Å². The zero-order chi connectivity index (χ0) is 13.4. The molecule has 2 N–H and O–H groups in total. The Kier molecular flexibility index (Phi) is 3.45. The van der Waals surface area contributed by atoms with Crippen molar-refractivity contribution in [2.45, 2.75) is 25.8 Å². The van der Waals surface area contributed by atoms with E-state index in [9.17, 15) is 0 Å². The highest BCUT2D eigenvalue weighted by molar-refractivity contribution is 9.10. The van der Waals surface area contributed by atoms with Gasteiger partial charge in [0.2, 0.25) is 5.95 Å². The van der Waals surface area contributed by atoms with Gasteiger partial charge in [0.15, 0.2) is 5.65 Å². The topological polar surface area (TPSA) is 59.5 Å². The fraction of sp³-hybridized carbons (Fsp3) is 0.538. The fourth-order valence-corrected chi connectivity index (χ4v) is 3.04. The first-order chi connectivity index (χ1) is 9.15. The van der Waals surface area contributed by atoms with Gasteiger partial charge in [-0.1, -0.05) is 0 Å². The normalized spacial score (nSPS) is 19.0. The molecule has 1 atom stereocenters. The second-order valence-electron chi connectivity index (χ2n) is 5.22. The van der Waals surface area contributed by atoms with E-state index in [0.717, 1.165) is 42.0 Å². The zero-order valence-corrected chi connectivity index (χ0v) is 12.5. The van der Waals surface area contributed by atoms with Gasteiger partial charge in [0.25, 0.3) is 0 Å². The Balaban J connectivity index is 1.80. The Morgan fingerprint density at radius 3 is 2.79 bits per heavy atom. The Morgan fingerprint density at radius 2 is 2.16 bits per heavy atom. The van der Waals surface area contributed by atoms with E-state index in [2.05, 4.69) is 37.8 Å². The number of aromatic nitrogens is 3. The lowest BCUT2D eigenvalue weighted by atomic mass is 9.91. The molecule has 0 spiro atoms. The summed E-state index contributed by atoms with van der Waals surface area (Å²) in [6, 6.07) is 4.22. The van der Waals surface area contributed by atoms with Gasteiger partial charge in [-0.3, -0.25) is 0 Å². The van der Waals surface area contributed by atoms with Crippen LogP contribution in [0.2, 0.25) is 0 Å². The summed E-state index contributed by atoms with van der Waals surface area (Å²) in [6.45, 7) is 4.07. The predicted molar refractivity (Wildman–Crippen MR) is 79.3 cm³/mol. The van der Waals surface area contributed by atoms with Gasteiger partial charge in [-0.05, 0) is 53.7 Å². The molecule has 3 heterocycles. The standard InChI is InChI=1S/C13H18BrN5/c1-9(15)10-4-7-18(8-5-10)13-16-12-11(14)3-2-6-19(12)17-13/h2-3,6,9-10H,4-5,7-8,15H2,1H3. The van der Waals surface area contributed by atoms with Crippen LogP contribution in [0.4, 0.5) is 5.95 Å². The number of anilines is 1. The van der Waals surface area contributed by atoms with Crippen molar-refractivity contribution < 1.29 is 0 Å². The van der Waals surface area contributed by atoms with Gasteiger partial charge >= 0.3 is 0 Å². The van der Waals surface area contributed by atoms with Crippen LogP contribution in [0, 0.1) is 5.92 Å². The maximum atomic E-state index is 5.97. The van der Waals surface area contributed by atoms with Crippen LogP contribution in [0.25, 0.3) is 5.65 Å². The first kappa shape index (κ1) is 12.9. The molecule has 0 amide bonds. The summed E-state index contributed by atoms with van der Waals surface area (Å²) in [6.07, 6.45) is 4.16. The summed E-state index contributed by atoms with van der Waals surface area (Å²) in [5, 5.41) is 4.54. The average Bonchev–Trinajstić information content (AvgIpc) is 2.84. The highest BCUT2D eigenvalue weighted by atomic mass is 79.9. The minimum atomic E-state index is 0.283. The van der Waals surface area contributed by atoms with Crippen molar-refractivity contribution in [1.82, 2.24) is 14.6 Å². The van der Waals surface area contributed by atoms with E-state index < -0.39 is 0 Å². The lowest BCUT2D eigenvalue weighted by Gasteiger charge is -2.32. The number of nitrogens with zero attached hydrogens (tertiary/aromatic N) is 4. The van der Waals surface area contributed by atoms with Gasteiger partial charge in [0.05, 0.1) is 4.47 Å². The molecular formula is C13H18BrN5. The third kappa shape index (κ3) is 2.47. The van der Waals surface area contributed by atoms with E-state index in [1.807, 2.05) is 22.8 Å². The summed E-state index contributed by atoms with van der Waals surface area (Å²) < 4.78 is 2.79. The van der Waals surface area contributed by atoms with Gasteiger partial charge in [-0.2, -0.15) is 4.98 Å². The molecule has 3 rings (SSSR count). The maximum absolute atomic E-state index is 5.97. The van der Waals surface area contributed by atoms with E-state index in [1.165, 1.54) is 0 Å². The minimum absolute atomic E-state index is 0.283. The van der Waals surface area contributed by atoms with Gasteiger partial charge in [-0.25, -0.2) is 4.52 Å². The summed E-state index contributed by atoms with van der Waals surface area (Å²) in [5.41, 5.74) is 6.84. The number of pyridine rings is 1. The molecule has 0 saturated carbocycles. The molecule has 1 aliphatic heterocycles. The molecule has 2 aromatic rings. The molecule has 1 unspecified atom stereocenters. The monoisotopic (exact) mass is 323 g/mol. The lowest BCUT2D eigenvalue weighted by molar-refractivity contribution is 0.352. The number of fused-ring (bicyclic) bond motifs is 1. The summed E-state index contributed by atoms with van der Waals surface area (Å²) in [7, 11) is 0. The Morgan fingerprint density at radius 1 is 1.42 bits per heavy atom. The van der Waals surface area contributed by atoms with Crippen LogP contribution < -0.4 is 10.6 Å². The maximum Gasteiger partial charge on any atom is 0.245 e. The first-order valence-electron chi connectivity index (χ1n) is 6.66. The molecule has 0 radical (unpaired) electrons. The molecule has 102 valence electrons. The van der Waals surface area contributed by atoms with Crippen molar-refractivity contribution in [1.29, 1.82) is 0 Å². The number of rotatable bonds is 2. The quantitative estimate of drug-likeness (QED) is 0.919. The zero-order valence-electron chi connectivity index (χ0n) is 11.0. The molecule has 5 nitrogen and oxygen atoms in total. The van der Waals surface area contributed by atoms with E-state index in [-0.39, 0.29) is 6.04 Å². The number of hydrogen-bond acceptors (Lipinski definition) is 4. The van der Waals surface area contributed by atoms with Crippen molar-refractivity contribution in [3.05, 3.63) is 22.8 Å². The predicted octanol–water partition coefficient (Wildman–Crippen LogP) is 2.06. The van der Waals surface area contributed by atoms with E-state index >= 15 is 0 Å². The largest absolute Gasteiger partial charge is 0.339 e. The van der Waals surface area contributed by atoms with Gasteiger partial charge in [0, 0.05) is 25.3 Å². The molecule has 1 saturated heterocycles.